The van der Waals surface area contributed by atoms with Gasteiger partial charge in [0.1, 0.15) is 17.3 Å². The number of Topliss-reactive ketones (excluding diaryl/α,β-unsaturated/α-hetero) is 1. The Morgan fingerprint density at radius 1 is 0.763 bits per heavy atom. The molecule has 1 aliphatic carbocycles. The van der Waals surface area contributed by atoms with E-state index in [2.05, 4.69) is 15.5 Å². The van der Waals surface area contributed by atoms with Crippen molar-refractivity contribution in [3.05, 3.63) is 111 Å². The van der Waals surface area contributed by atoms with Crippen LogP contribution in [-0.2, 0) is 4.79 Å². The van der Waals surface area contributed by atoms with Gasteiger partial charge in [-0.3, -0.25) is 19.8 Å². The average molecular weight is 510 g/mol. The molecule has 1 aliphatic heterocycles. The lowest BCUT2D eigenvalue weighted by Gasteiger charge is -2.34. The molecule has 0 bridgehead atoms. The number of hydrogen-bond acceptors (Lipinski definition) is 6. The fourth-order valence-corrected chi connectivity index (χ4v) is 5.48. The van der Waals surface area contributed by atoms with Gasteiger partial charge in [-0.05, 0) is 59.9 Å². The van der Waals surface area contributed by atoms with Crippen LogP contribution >= 0.6 is 0 Å². The van der Waals surface area contributed by atoms with Crippen molar-refractivity contribution in [1.29, 1.82) is 0 Å². The maximum absolute atomic E-state index is 13.8. The quantitative estimate of drug-likeness (QED) is 0.318. The molecule has 0 saturated carbocycles. The summed E-state index contributed by atoms with van der Waals surface area (Å²) in [5, 5.41) is 8.98. The molecule has 1 aromatic heterocycles. The minimum atomic E-state index is -0.519. The number of aromatic amines is 2. The van der Waals surface area contributed by atoms with Gasteiger partial charge in [0, 0.05) is 23.6 Å². The summed E-state index contributed by atoms with van der Waals surface area (Å²) in [5.74, 6) is 2.62. The van der Waals surface area contributed by atoms with Crippen LogP contribution in [0.15, 0.2) is 88.9 Å². The summed E-state index contributed by atoms with van der Waals surface area (Å²) in [6, 6.07) is 22.8. The van der Waals surface area contributed by atoms with E-state index in [4.69, 9.17) is 14.2 Å². The minimum absolute atomic E-state index is 0.00386. The van der Waals surface area contributed by atoms with Gasteiger partial charge >= 0.3 is 0 Å². The molecule has 38 heavy (non-hydrogen) atoms. The van der Waals surface area contributed by atoms with Crippen molar-refractivity contribution < 1.29 is 19.0 Å². The molecular weight excluding hydrogens is 482 g/mol. The van der Waals surface area contributed by atoms with E-state index in [-0.39, 0.29) is 17.3 Å². The number of hydrogen-bond donors (Lipinski definition) is 3. The first-order valence-electron chi connectivity index (χ1n) is 12.4. The lowest BCUT2D eigenvalue weighted by molar-refractivity contribution is -0.116. The van der Waals surface area contributed by atoms with E-state index in [1.807, 2.05) is 72.8 Å². The second-order valence-electron chi connectivity index (χ2n) is 9.45. The fourth-order valence-electron chi connectivity index (χ4n) is 5.48. The predicted molar refractivity (Wildman–Crippen MR) is 143 cm³/mol. The smallest absolute Gasteiger partial charge is 0.270 e. The number of nitrogens with one attached hydrogen (secondary N) is 3. The largest absolute Gasteiger partial charge is 0.493 e. The van der Waals surface area contributed by atoms with Crippen molar-refractivity contribution in [3.63, 3.8) is 0 Å². The number of carbonyl (C=O) groups is 1. The SMILES string of the molecule is COc1ccc(C2CC(=O)C3=C(C2)Nc2[nH][nH]c(=O)c2C3c2cccc(Oc3ccccc3)c2)cc1OC. The molecule has 4 aromatic rings. The van der Waals surface area contributed by atoms with Crippen LogP contribution in [0.25, 0.3) is 0 Å². The van der Waals surface area contributed by atoms with Crippen LogP contribution in [0.2, 0.25) is 0 Å². The van der Waals surface area contributed by atoms with Crippen molar-refractivity contribution in [2.24, 2.45) is 0 Å². The Morgan fingerprint density at radius 2 is 1.55 bits per heavy atom. The Morgan fingerprint density at radius 3 is 2.34 bits per heavy atom. The number of H-pyrrole nitrogens is 2. The van der Waals surface area contributed by atoms with E-state index in [0.29, 0.717) is 52.8 Å². The van der Waals surface area contributed by atoms with Gasteiger partial charge in [-0.1, -0.05) is 36.4 Å². The zero-order chi connectivity index (χ0) is 26.2. The summed E-state index contributed by atoms with van der Waals surface area (Å²) in [6.45, 7) is 0. The average Bonchev–Trinajstić information content (AvgIpc) is 3.32. The van der Waals surface area contributed by atoms with Gasteiger partial charge in [-0.15, -0.1) is 0 Å². The molecule has 0 radical (unpaired) electrons. The maximum atomic E-state index is 13.8. The molecule has 3 aromatic carbocycles. The summed E-state index contributed by atoms with van der Waals surface area (Å²) >= 11 is 0. The third kappa shape index (κ3) is 4.14. The Balaban J connectivity index is 1.40. The van der Waals surface area contributed by atoms with Crippen LogP contribution < -0.4 is 25.1 Å². The van der Waals surface area contributed by atoms with Crippen molar-refractivity contribution in [2.45, 2.75) is 24.7 Å². The number of anilines is 1. The van der Waals surface area contributed by atoms with Crippen molar-refractivity contribution in [2.75, 3.05) is 19.5 Å². The number of carbonyl (C=O) groups excluding carboxylic acids is 1. The molecule has 8 nitrogen and oxygen atoms in total. The minimum Gasteiger partial charge on any atom is -0.493 e. The molecule has 2 aliphatic rings. The van der Waals surface area contributed by atoms with Crippen LogP contribution in [0, 0.1) is 0 Å². The first-order chi connectivity index (χ1) is 18.6. The standard InChI is InChI=1S/C30H27N3O5/c1-36-24-12-11-17(16-25(24)37-2)19-14-22-27(23(34)15-19)26(28-29(31-22)32-33-30(28)35)18-7-6-10-21(13-18)38-20-8-4-3-5-9-20/h3-13,16,19,26H,14-15H2,1-2H3,(H3,31,32,33,35). The van der Waals surface area contributed by atoms with Gasteiger partial charge in [-0.25, -0.2) is 0 Å². The van der Waals surface area contributed by atoms with Crippen LogP contribution in [0.1, 0.15) is 41.4 Å². The molecule has 3 N–H and O–H groups in total. The molecule has 2 heterocycles. The summed E-state index contributed by atoms with van der Waals surface area (Å²) in [6.07, 6.45) is 0.935. The van der Waals surface area contributed by atoms with Crippen molar-refractivity contribution in [3.8, 4) is 23.0 Å². The summed E-state index contributed by atoms with van der Waals surface area (Å²) in [5.41, 5.74) is 3.48. The highest BCUT2D eigenvalue weighted by Crippen LogP contribution is 2.47. The highest BCUT2D eigenvalue weighted by molar-refractivity contribution is 6.01. The number of fused-ring (bicyclic) bond motifs is 1. The van der Waals surface area contributed by atoms with Crippen LogP contribution in [0.5, 0.6) is 23.0 Å². The van der Waals surface area contributed by atoms with Gasteiger partial charge in [0.15, 0.2) is 17.3 Å². The Labute approximate surface area is 219 Å². The number of ketones is 1. The molecule has 0 saturated heterocycles. The topological polar surface area (TPSA) is 105 Å². The van der Waals surface area contributed by atoms with Crippen LogP contribution in [-0.4, -0.2) is 30.2 Å². The number of ether oxygens (including phenoxy) is 3. The Hall–Kier alpha value is -4.72. The molecule has 0 amide bonds. The number of rotatable bonds is 6. The lowest BCUT2D eigenvalue weighted by Crippen LogP contribution is -2.31. The monoisotopic (exact) mass is 509 g/mol. The van der Waals surface area contributed by atoms with Crippen LogP contribution in [0.4, 0.5) is 5.82 Å². The number of para-hydroxylation sites is 1. The van der Waals surface area contributed by atoms with Crippen LogP contribution in [0.3, 0.4) is 0 Å². The number of aromatic nitrogens is 2. The van der Waals surface area contributed by atoms with E-state index in [1.165, 1.54) is 0 Å². The highest BCUT2D eigenvalue weighted by atomic mass is 16.5. The van der Waals surface area contributed by atoms with Gasteiger partial charge in [0.05, 0.1) is 19.8 Å². The first kappa shape index (κ1) is 23.7. The second kappa shape index (κ2) is 9.63. The second-order valence-corrected chi connectivity index (χ2v) is 9.45. The van der Waals surface area contributed by atoms with Gasteiger partial charge < -0.3 is 19.5 Å². The lowest BCUT2D eigenvalue weighted by atomic mass is 9.73. The van der Waals surface area contributed by atoms with Gasteiger partial charge in [0.25, 0.3) is 5.56 Å². The van der Waals surface area contributed by atoms with Gasteiger partial charge in [0.2, 0.25) is 0 Å². The van der Waals surface area contributed by atoms with Crippen molar-refractivity contribution >= 4 is 11.6 Å². The Bertz CT molecular complexity index is 1600. The molecule has 0 fully saturated rings. The summed E-state index contributed by atoms with van der Waals surface area (Å²) in [7, 11) is 3.20. The molecule has 2 atom stereocenters. The van der Waals surface area contributed by atoms with E-state index >= 15 is 0 Å². The summed E-state index contributed by atoms with van der Waals surface area (Å²) < 4.78 is 16.9. The van der Waals surface area contributed by atoms with Crippen molar-refractivity contribution in [1.82, 2.24) is 10.2 Å². The summed E-state index contributed by atoms with van der Waals surface area (Å²) in [4.78, 5) is 26.7. The predicted octanol–water partition coefficient (Wildman–Crippen LogP) is 5.47. The molecule has 0 spiro atoms. The van der Waals surface area contributed by atoms with Gasteiger partial charge in [-0.2, -0.15) is 0 Å². The van der Waals surface area contributed by atoms with E-state index in [1.54, 1.807) is 14.2 Å². The van der Waals surface area contributed by atoms with E-state index in [0.717, 1.165) is 16.8 Å². The molecule has 2 unspecified atom stereocenters. The maximum Gasteiger partial charge on any atom is 0.270 e. The molecule has 8 heteroatoms. The molecule has 192 valence electrons. The van der Waals surface area contributed by atoms with E-state index < -0.39 is 5.92 Å². The molecular formula is C30H27N3O5. The normalized spacial score (nSPS) is 18.3. The highest BCUT2D eigenvalue weighted by Gasteiger charge is 2.40. The number of allylic oxidation sites excluding steroid dienone is 2. The third-order valence-electron chi connectivity index (χ3n) is 7.23. The Kier molecular flexibility index (Phi) is 5.99. The van der Waals surface area contributed by atoms with E-state index in [9.17, 15) is 9.59 Å². The zero-order valence-electron chi connectivity index (χ0n) is 21.0. The first-order valence-corrected chi connectivity index (χ1v) is 12.4. The fraction of sp³-hybridized carbons (Fsp3) is 0.200. The third-order valence-corrected chi connectivity index (χ3v) is 7.23. The molecule has 6 rings (SSSR count). The number of methoxy groups -OCH3 is 2. The number of benzene rings is 3. The zero-order valence-corrected chi connectivity index (χ0v) is 21.0.